The van der Waals surface area contributed by atoms with Gasteiger partial charge in [-0.2, -0.15) is 0 Å². The fraction of sp³-hybridized carbons (Fsp3) is 0. The molecule has 0 atom stereocenters. The van der Waals surface area contributed by atoms with Crippen LogP contribution in [0, 0.1) is 0 Å². The highest BCUT2D eigenvalue weighted by molar-refractivity contribution is 9.10. The van der Waals surface area contributed by atoms with Gasteiger partial charge < -0.3 is 4.42 Å². The second-order valence-corrected chi connectivity index (χ2v) is 5.07. The summed E-state index contributed by atoms with van der Waals surface area (Å²) in [5.74, 6) is 0. The molecule has 0 amide bonds. The smallest absolute Gasteiger partial charge is 0.344 e. The number of hydrogen-bond donors (Lipinski definition) is 0. The van der Waals surface area contributed by atoms with Crippen molar-refractivity contribution in [3.63, 3.8) is 0 Å². The quantitative estimate of drug-likeness (QED) is 0.456. The largest absolute Gasteiger partial charge is 0.422 e. The zero-order chi connectivity index (χ0) is 12.0. The van der Waals surface area contributed by atoms with Crippen LogP contribution in [0.3, 0.4) is 0 Å². The Morgan fingerprint density at radius 1 is 1.00 bits per heavy atom. The van der Waals surface area contributed by atoms with Crippen molar-refractivity contribution in [2.45, 2.75) is 0 Å². The van der Waals surface area contributed by atoms with Gasteiger partial charge >= 0.3 is 5.63 Å². The Bertz CT molecular complexity index is 792. The average Bonchev–Trinajstić information content (AvgIpc) is 2.29. The van der Waals surface area contributed by atoms with E-state index in [1.54, 1.807) is 18.2 Å². The Labute approximate surface area is 110 Å². The van der Waals surface area contributed by atoms with Gasteiger partial charge in [0.2, 0.25) is 0 Å². The first-order valence-corrected chi connectivity index (χ1v) is 6.14. The second kappa shape index (κ2) is 3.86. The van der Waals surface area contributed by atoms with Gasteiger partial charge in [0, 0.05) is 20.9 Å². The van der Waals surface area contributed by atoms with E-state index >= 15 is 0 Å². The summed E-state index contributed by atoms with van der Waals surface area (Å²) in [5, 5.41) is 2.87. The Balaban J connectivity index is 2.60. The molecular formula is C13H6BrClO2. The van der Waals surface area contributed by atoms with Gasteiger partial charge in [-0.15, -0.1) is 0 Å². The third kappa shape index (κ3) is 1.75. The molecule has 4 heteroatoms. The number of halogens is 2. The highest BCUT2D eigenvalue weighted by Gasteiger charge is 2.07. The first kappa shape index (κ1) is 10.8. The van der Waals surface area contributed by atoms with E-state index in [-0.39, 0.29) is 5.63 Å². The van der Waals surface area contributed by atoms with E-state index in [9.17, 15) is 4.79 Å². The Hall–Kier alpha value is -1.32. The van der Waals surface area contributed by atoms with E-state index in [2.05, 4.69) is 15.9 Å². The monoisotopic (exact) mass is 308 g/mol. The zero-order valence-corrected chi connectivity index (χ0v) is 10.9. The molecule has 0 fully saturated rings. The Morgan fingerprint density at radius 3 is 2.59 bits per heavy atom. The molecule has 1 aromatic heterocycles. The highest BCUT2D eigenvalue weighted by atomic mass is 79.9. The zero-order valence-electron chi connectivity index (χ0n) is 8.54. The van der Waals surface area contributed by atoms with Crippen LogP contribution >= 0.6 is 27.5 Å². The third-order valence-electron chi connectivity index (χ3n) is 2.64. The molecule has 0 aliphatic rings. The SMILES string of the molecule is O=c1oc2cc(Cl)ccc2c2ccc(Br)cc12. The predicted molar refractivity (Wildman–Crippen MR) is 72.7 cm³/mol. The molecule has 2 aromatic carbocycles. The molecule has 3 aromatic rings. The molecule has 0 aliphatic heterocycles. The van der Waals surface area contributed by atoms with Crippen molar-refractivity contribution in [2.24, 2.45) is 0 Å². The number of benzene rings is 2. The standard InChI is InChI=1S/C13H6BrClO2/c14-7-1-3-9-10-4-2-8(15)6-12(10)17-13(16)11(9)5-7/h1-6H. The molecule has 0 N–H and O–H groups in total. The van der Waals surface area contributed by atoms with Gasteiger partial charge in [0.15, 0.2) is 0 Å². The molecule has 17 heavy (non-hydrogen) atoms. The van der Waals surface area contributed by atoms with Gasteiger partial charge in [0.25, 0.3) is 0 Å². The molecule has 0 unspecified atom stereocenters. The summed E-state index contributed by atoms with van der Waals surface area (Å²) >= 11 is 9.22. The van der Waals surface area contributed by atoms with E-state index in [1.165, 1.54) is 0 Å². The van der Waals surface area contributed by atoms with Crippen LogP contribution in [0.1, 0.15) is 0 Å². The minimum Gasteiger partial charge on any atom is -0.422 e. The van der Waals surface area contributed by atoms with Crippen LogP contribution < -0.4 is 5.63 Å². The van der Waals surface area contributed by atoms with Gasteiger partial charge in [-0.1, -0.05) is 33.6 Å². The summed E-state index contributed by atoms with van der Waals surface area (Å²) in [5.41, 5.74) is 0.161. The summed E-state index contributed by atoms with van der Waals surface area (Å²) in [7, 11) is 0. The van der Waals surface area contributed by atoms with Crippen LogP contribution in [-0.4, -0.2) is 0 Å². The molecule has 84 valence electrons. The lowest BCUT2D eigenvalue weighted by atomic mass is 10.1. The lowest BCUT2D eigenvalue weighted by Crippen LogP contribution is -1.99. The van der Waals surface area contributed by atoms with Crippen LogP contribution in [0.4, 0.5) is 0 Å². The maximum atomic E-state index is 11.8. The van der Waals surface area contributed by atoms with Crippen molar-refractivity contribution in [2.75, 3.05) is 0 Å². The van der Waals surface area contributed by atoms with E-state index in [0.29, 0.717) is 16.0 Å². The number of fused-ring (bicyclic) bond motifs is 3. The molecule has 0 bridgehead atoms. The average molecular weight is 310 g/mol. The molecular weight excluding hydrogens is 303 g/mol. The molecule has 3 rings (SSSR count). The van der Waals surface area contributed by atoms with E-state index < -0.39 is 0 Å². The summed E-state index contributed by atoms with van der Waals surface area (Å²) in [6, 6.07) is 10.8. The molecule has 0 spiro atoms. The molecule has 0 aliphatic carbocycles. The molecule has 0 saturated heterocycles. The minimum absolute atomic E-state index is 0.351. The normalized spacial score (nSPS) is 11.2. The minimum atomic E-state index is -0.351. The molecule has 1 heterocycles. The molecule has 0 saturated carbocycles. The summed E-state index contributed by atoms with van der Waals surface area (Å²) in [4.78, 5) is 11.8. The maximum Gasteiger partial charge on any atom is 0.344 e. The lowest BCUT2D eigenvalue weighted by molar-refractivity contribution is 0.569. The Morgan fingerprint density at radius 2 is 1.76 bits per heavy atom. The van der Waals surface area contributed by atoms with Gasteiger partial charge in [-0.05, 0) is 29.7 Å². The maximum absolute atomic E-state index is 11.8. The summed E-state index contributed by atoms with van der Waals surface area (Å²) < 4.78 is 6.10. The number of hydrogen-bond acceptors (Lipinski definition) is 2. The van der Waals surface area contributed by atoms with Crippen molar-refractivity contribution in [1.29, 1.82) is 0 Å². The lowest BCUT2D eigenvalue weighted by Gasteiger charge is -2.03. The Kier molecular flexibility index (Phi) is 2.45. The fourth-order valence-electron chi connectivity index (χ4n) is 1.88. The van der Waals surface area contributed by atoms with Gasteiger partial charge in [-0.3, -0.25) is 0 Å². The molecule has 2 nitrogen and oxygen atoms in total. The van der Waals surface area contributed by atoms with Crippen molar-refractivity contribution in [3.05, 3.63) is 56.3 Å². The van der Waals surface area contributed by atoms with Crippen LogP contribution in [-0.2, 0) is 0 Å². The first-order chi connectivity index (χ1) is 8.15. The van der Waals surface area contributed by atoms with Gasteiger partial charge in [0.1, 0.15) is 5.58 Å². The van der Waals surface area contributed by atoms with Gasteiger partial charge in [0.05, 0.1) is 5.39 Å². The van der Waals surface area contributed by atoms with Crippen LogP contribution in [0.2, 0.25) is 5.02 Å². The van der Waals surface area contributed by atoms with E-state index in [1.807, 2.05) is 18.2 Å². The summed E-state index contributed by atoms with van der Waals surface area (Å²) in [6.07, 6.45) is 0. The summed E-state index contributed by atoms with van der Waals surface area (Å²) in [6.45, 7) is 0. The van der Waals surface area contributed by atoms with Crippen molar-refractivity contribution < 1.29 is 4.42 Å². The van der Waals surface area contributed by atoms with Crippen molar-refractivity contribution in [3.8, 4) is 0 Å². The van der Waals surface area contributed by atoms with Crippen molar-refractivity contribution in [1.82, 2.24) is 0 Å². The van der Waals surface area contributed by atoms with Crippen LogP contribution in [0.15, 0.2) is 50.1 Å². The first-order valence-electron chi connectivity index (χ1n) is 4.97. The third-order valence-corrected chi connectivity index (χ3v) is 3.37. The topological polar surface area (TPSA) is 30.2 Å². The van der Waals surface area contributed by atoms with Gasteiger partial charge in [-0.25, -0.2) is 4.79 Å². The molecule has 0 radical (unpaired) electrons. The van der Waals surface area contributed by atoms with E-state index in [4.69, 9.17) is 16.0 Å². The fourth-order valence-corrected chi connectivity index (χ4v) is 2.40. The number of rotatable bonds is 0. The van der Waals surface area contributed by atoms with Crippen LogP contribution in [0.5, 0.6) is 0 Å². The van der Waals surface area contributed by atoms with Crippen molar-refractivity contribution >= 4 is 49.3 Å². The highest BCUT2D eigenvalue weighted by Crippen LogP contribution is 2.26. The van der Waals surface area contributed by atoms with Crippen LogP contribution in [0.25, 0.3) is 21.7 Å². The second-order valence-electron chi connectivity index (χ2n) is 3.72. The van der Waals surface area contributed by atoms with E-state index in [0.717, 1.165) is 15.2 Å². The predicted octanol–water partition coefficient (Wildman–Crippen LogP) is 4.36.